The van der Waals surface area contributed by atoms with E-state index in [1.807, 2.05) is 0 Å². The van der Waals surface area contributed by atoms with Crippen molar-refractivity contribution in [2.45, 2.75) is 171 Å². The van der Waals surface area contributed by atoms with Crippen molar-refractivity contribution in [2.75, 3.05) is 90.4 Å². The molecule has 4 aliphatic heterocycles. The number of rotatable bonds is 53. The Morgan fingerprint density at radius 1 is 0.670 bits per heavy atom. The van der Waals surface area contributed by atoms with Crippen LogP contribution in [-0.2, 0) is 103 Å². The average Bonchev–Trinajstić information content (AvgIpc) is 1.61. The molecule has 2 saturated heterocycles. The van der Waals surface area contributed by atoms with Crippen LogP contribution in [0.4, 0.5) is 5.82 Å². The number of carbonyl (C=O) groups is 12. The fourth-order valence-electron chi connectivity index (χ4n) is 11.1. The number of anilines is 1. The van der Waals surface area contributed by atoms with Gasteiger partial charge in [-0.2, -0.15) is 4.31 Å². The summed E-state index contributed by atoms with van der Waals surface area (Å²) in [7, 11) is -16.6. The number of nitrogen functional groups attached to an aromatic ring is 1. The maximum atomic E-state index is 13.4. The SMILES string of the molecule is CC(C)(COP(=O)(O)OP(=O)(O)OC[C@H]1O[C@@H](n2cnc3c(N)ncnc32)[C@@H](O)C1OP(=O)(O)O)[C@@H](O)C(=O)NCCC(=O)NCCSC1CC(=O)N(CCCC(=O)CCOCCOCCCC(=O)C(CCCCNC(=O)CCCCCN2C(=O)C=CC2=O)NC(=O)CCCCCN2C(=O)C=CC2=O)C1=O. The highest BCUT2D eigenvalue weighted by Crippen LogP contribution is 2.61. The predicted octanol–water partition coefficient (Wildman–Crippen LogP) is 0.130. The molecule has 5 unspecified atom stereocenters. The molecule has 106 heavy (non-hydrogen) atoms. The van der Waals surface area contributed by atoms with Crippen molar-refractivity contribution in [3.05, 3.63) is 37.0 Å². The summed E-state index contributed by atoms with van der Waals surface area (Å²) in [4.78, 5) is 205. The highest BCUT2D eigenvalue weighted by Gasteiger charge is 2.51. The number of aliphatic hydroxyl groups is 2. The number of thioether (sulfide) groups is 1. The Hall–Kier alpha value is -7.01. The zero-order valence-corrected chi connectivity index (χ0v) is 62.0. The molecule has 40 nitrogen and oxygen atoms in total. The standard InChI is InChI=1S/C62H93N12O28P3S/c1-62(2,37-99-105(94,95)102-104(92,93)98-36-43-55(101-103(89,90)91)54(85)61(100-43)74-39-69-53-57(63)67-38-68-58(53)74)56(86)59(87)66-25-22-46(78)65-26-34-106-44-35-52(84)73(60(44)88)29-11-13-40(75)23-31-97-33-32-96-30-12-15-42(76)41(70-47(79)17-6-4-10-28-72-50(82)20-21-51(72)83)14-7-8-24-64-45(77)16-5-3-9-27-71-48(80)18-19-49(71)81/h18-21,38-39,41,43-44,54-56,61,85-86H,3-17,22-37H2,1-2H3,(H,64,77)(H,65,78)(H,66,87)(H,70,79)(H,92,93)(H,94,95)(H2,63,67,68)(H2,89,90,91)/t41?,43-,44?,54+,55?,56+,61-/m1/s1. The van der Waals surface area contributed by atoms with E-state index in [2.05, 4.69) is 45.1 Å². The number of nitrogens with one attached hydrogen (secondary N) is 4. The first-order chi connectivity index (χ1) is 50.2. The minimum Gasteiger partial charge on any atom is -0.386 e. The first-order valence-corrected chi connectivity index (χ1v) is 39.9. The highest BCUT2D eigenvalue weighted by atomic mass is 32.2. The Labute approximate surface area is 613 Å². The van der Waals surface area contributed by atoms with E-state index >= 15 is 0 Å². The lowest BCUT2D eigenvalue weighted by Gasteiger charge is -2.30. The van der Waals surface area contributed by atoms with Gasteiger partial charge in [0.25, 0.3) is 23.6 Å². The van der Waals surface area contributed by atoms with Crippen molar-refractivity contribution >= 4 is 123 Å². The minimum atomic E-state index is -5.65. The summed E-state index contributed by atoms with van der Waals surface area (Å²) >= 11 is 1.14. The molecule has 0 saturated carbocycles. The zero-order chi connectivity index (χ0) is 77.8. The van der Waals surface area contributed by atoms with E-state index < -0.39 is 108 Å². The monoisotopic (exact) mass is 1580 g/mol. The molecule has 2 aromatic heterocycles. The fraction of sp³-hybridized carbons (Fsp3) is 0.661. The summed E-state index contributed by atoms with van der Waals surface area (Å²) in [6.07, 6.45) is 3.53. The molecule has 44 heteroatoms. The quantitative estimate of drug-likeness (QED) is 0.0238. The molecule has 2 aromatic rings. The molecule has 0 aromatic carbocycles. The third-order valence-electron chi connectivity index (χ3n) is 16.8. The van der Waals surface area contributed by atoms with Crippen molar-refractivity contribution in [1.82, 2.24) is 55.5 Å². The number of aliphatic hydroxyl groups excluding tert-OH is 2. The van der Waals surface area contributed by atoms with Crippen LogP contribution in [0, 0.1) is 5.41 Å². The summed E-state index contributed by atoms with van der Waals surface area (Å²) in [5, 5.41) is 31.7. The fourth-order valence-corrected chi connectivity index (χ4v) is 14.9. The van der Waals surface area contributed by atoms with E-state index in [9.17, 15) is 101 Å². The van der Waals surface area contributed by atoms with Crippen molar-refractivity contribution in [3.63, 3.8) is 0 Å². The third-order valence-corrected chi connectivity index (χ3v) is 21.1. The Kier molecular flexibility index (Phi) is 35.4. The van der Waals surface area contributed by atoms with Crippen LogP contribution < -0.4 is 27.0 Å². The van der Waals surface area contributed by atoms with Crippen LogP contribution in [0.1, 0.15) is 136 Å². The summed E-state index contributed by atoms with van der Waals surface area (Å²) in [5.41, 5.74) is 4.15. The van der Waals surface area contributed by atoms with Gasteiger partial charge in [-0.1, -0.05) is 26.7 Å². The second-order valence-electron chi connectivity index (χ2n) is 25.6. The van der Waals surface area contributed by atoms with Crippen LogP contribution in [0.5, 0.6) is 0 Å². The maximum absolute atomic E-state index is 13.4. The highest BCUT2D eigenvalue weighted by molar-refractivity contribution is 8.00. The number of amides is 10. The van der Waals surface area contributed by atoms with Gasteiger partial charge in [-0.3, -0.25) is 90.4 Å². The van der Waals surface area contributed by atoms with E-state index in [1.54, 1.807) is 0 Å². The molecular weight excluding hydrogens is 1490 g/mol. The minimum absolute atomic E-state index is 0.00196. The third kappa shape index (κ3) is 29.2. The van der Waals surface area contributed by atoms with Gasteiger partial charge >= 0.3 is 23.5 Å². The van der Waals surface area contributed by atoms with Gasteiger partial charge in [0.1, 0.15) is 42.0 Å². The summed E-state index contributed by atoms with van der Waals surface area (Å²) < 4.78 is 73.9. The topological polar surface area (TPSA) is 570 Å². The molecule has 4 aliphatic rings. The Morgan fingerprint density at radius 2 is 1.27 bits per heavy atom. The molecule has 6 rings (SSSR count). The molecule has 0 bridgehead atoms. The summed E-state index contributed by atoms with van der Waals surface area (Å²) in [5.74, 6) is -4.51. The number of nitrogens with two attached hydrogens (primary N) is 1. The van der Waals surface area contributed by atoms with Crippen LogP contribution in [0.25, 0.3) is 11.2 Å². The number of phosphoric ester groups is 3. The Bertz CT molecular complexity index is 3620. The summed E-state index contributed by atoms with van der Waals surface area (Å²) in [6.45, 7) is 1.64. The molecule has 0 aliphatic carbocycles. The van der Waals surface area contributed by atoms with Crippen LogP contribution >= 0.6 is 35.2 Å². The average molecular weight is 1580 g/mol. The second-order valence-corrected chi connectivity index (χ2v) is 31.2. The van der Waals surface area contributed by atoms with Crippen molar-refractivity contribution in [2.24, 2.45) is 5.41 Å². The van der Waals surface area contributed by atoms with Crippen LogP contribution in [0.2, 0.25) is 0 Å². The number of nitrogens with zero attached hydrogens (tertiary/aromatic N) is 7. The van der Waals surface area contributed by atoms with Crippen molar-refractivity contribution in [3.8, 4) is 0 Å². The Balaban J connectivity index is 0.777. The number of hydrogen-bond acceptors (Lipinski definition) is 29. The van der Waals surface area contributed by atoms with E-state index in [0.717, 1.165) is 43.7 Å². The van der Waals surface area contributed by atoms with E-state index in [4.69, 9.17) is 29.0 Å². The van der Waals surface area contributed by atoms with Crippen molar-refractivity contribution < 1.29 is 133 Å². The number of phosphoric acid groups is 3. The molecule has 0 radical (unpaired) electrons. The number of likely N-dealkylation sites (tertiary alicyclic amines) is 1. The molecule has 0 spiro atoms. The van der Waals surface area contributed by atoms with E-state index in [-0.39, 0.29) is 174 Å². The van der Waals surface area contributed by atoms with Gasteiger partial charge in [0.05, 0.1) is 50.7 Å². The molecule has 12 N–H and O–H groups in total. The number of aromatic nitrogens is 4. The predicted molar refractivity (Wildman–Crippen MR) is 369 cm³/mol. The first-order valence-electron chi connectivity index (χ1n) is 34.3. The van der Waals surface area contributed by atoms with Gasteiger partial charge in [-0.25, -0.2) is 28.6 Å². The molecular formula is C62H93N12O28P3S. The molecule has 590 valence electrons. The normalized spacial score (nSPS) is 20.0. The molecule has 2 fully saturated rings. The lowest BCUT2D eigenvalue weighted by molar-refractivity contribution is -0.139. The summed E-state index contributed by atoms with van der Waals surface area (Å²) in [6, 6.07) is -0.773. The second kappa shape index (κ2) is 42.7. The number of ether oxygens (including phenoxy) is 3. The lowest BCUT2D eigenvalue weighted by atomic mass is 9.87. The number of unbranched alkanes of at least 4 members (excludes halogenated alkanes) is 5. The van der Waals surface area contributed by atoms with Gasteiger partial charge < -0.3 is 71.0 Å². The van der Waals surface area contributed by atoms with E-state index in [1.165, 1.54) is 38.2 Å². The lowest BCUT2D eigenvalue weighted by Crippen LogP contribution is -2.46. The van der Waals surface area contributed by atoms with Gasteiger partial charge in [-0.05, 0) is 57.8 Å². The van der Waals surface area contributed by atoms with Crippen LogP contribution in [-0.4, -0.2) is 255 Å². The molecule has 10 amide bonds. The van der Waals surface area contributed by atoms with Gasteiger partial charge in [0.15, 0.2) is 23.5 Å². The molecule has 9 atom stereocenters. The largest absolute Gasteiger partial charge is 0.481 e. The van der Waals surface area contributed by atoms with Gasteiger partial charge in [0, 0.05) is 126 Å². The Morgan fingerprint density at radius 3 is 1.92 bits per heavy atom. The van der Waals surface area contributed by atoms with Gasteiger partial charge in [0.2, 0.25) is 35.4 Å². The zero-order valence-electron chi connectivity index (χ0n) is 58.5. The van der Waals surface area contributed by atoms with Crippen molar-refractivity contribution in [1.29, 1.82) is 0 Å². The number of imide groups is 3. The first kappa shape index (κ1) is 87.9. The number of carbonyl (C=O) groups excluding carboxylic acids is 12. The number of imidazole rings is 1. The number of fused-ring (bicyclic) bond motifs is 1. The van der Waals surface area contributed by atoms with Crippen LogP contribution in [0.15, 0.2) is 37.0 Å². The smallest absolute Gasteiger partial charge is 0.386 e. The van der Waals surface area contributed by atoms with Crippen LogP contribution in [0.3, 0.4) is 0 Å². The maximum Gasteiger partial charge on any atom is 0.481 e. The number of Topliss-reactive ketones (excluding diaryl/α,β-unsaturated/α-hetero) is 2. The number of hydrogen-bond donors (Lipinski definition) is 11. The molecule has 6 heterocycles. The van der Waals surface area contributed by atoms with Gasteiger partial charge in [-0.15, -0.1) is 11.8 Å². The van der Waals surface area contributed by atoms with E-state index in [0.29, 0.717) is 77.3 Å². The number of ketones is 2.